The summed E-state index contributed by atoms with van der Waals surface area (Å²) in [6, 6.07) is 0.0746. The highest BCUT2D eigenvalue weighted by Crippen LogP contribution is 2.38. The van der Waals surface area contributed by atoms with E-state index in [2.05, 4.69) is 40.6 Å². The van der Waals surface area contributed by atoms with E-state index in [0.717, 1.165) is 25.2 Å². The molecule has 1 aromatic rings. The number of nitrogens with one attached hydrogen (secondary N) is 1. The molecule has 1 unspecified atom stereocenters. The molecule has 0 saturated carbocycles. The van der Waals surface area contributed by atoms with Crippen LogP contribution in [0.1, 0.15) is 58.3 Å². The predicted octanol–water partition coefficient (Wildman–Crippen LogP) is 2.06. The Morgan fingerprint density at radius 2 is 1.95 bits per heavy atom. The normalized spacial score (nSPS) is 18.6. The van der Waals surface area contributed by atoms with Gasteiger partial charge in [-0.3, -0.25) is 10.7 Å². The summed E-state index contributed by atoms with van der Waals surface area (Å²) in [6.07, 6.45) is 8.66. The molecule has 1 aliphatic heterocycles. The van der Waals surface area contributed by atoms with Crippen LogP contribution in [0.5, 0.6) is 0 Å². The summed E-state index contributed by atoms with van der Waals surface area (Å²) >= 11 is 0. The largest absolute Gasteiger partial charge is 0.334 e. The molecule has 1 aliphatic rings. The fourth-order valence-corrected chi connectivity index (χ4v) is 3.77. The van der Waals surface area contributed by atoms with Crippen molar-refractivity contribution in [2.75, 3.05) is 13.1 Å². The van der Waals surface area contributed by atoms with E-state index in [9.17, 15) is 0 Å². The maximum Gasteiger partial charge on any atom is 0.129 e. The first-order valence-electron chi connectivity index (χ1n) is 7.95. The van der Waals surface area contributed by atoms with Crippen LogP contribution in [0.2, 0.25) is 0 Å². The number of likely N-dealkylation sites (tertiary alicyclic amines) is 1. The second kappa shape index (κ2) is 6.70. The first kappa shape index (κ1) is 15.5. The number of nitrogens with two attached hydrogens (primary N) is 1. The minimum absolute atomic E-state index is 0.0591. The maximum absolute atomic E-state index is 5.96. The summed E-state index contributed by atoms with van der Waals surface area (Å²) < 4.78 is 2.20. The number of nitrogens with zero attached hydrogens (tertiary/aromatic N) is 3. The van der Waals surface area contributed by atoms with Crippen molar-refractivity contribution in [2.24, 2.45) is 5.84 Å². The van der Waals surface area contributed by atoms with Crippen molar-refractivity contribution in [3.8, 4) is 0 Å². The third-order valence-electron chi connectivity index (χ3n) is 5.01. The topological polar surface area (TPSA) is 59.1 Å². The third-order valence-corrected chi connectivity index (χ3v) is 5.01. The summed E-state index contributed by atoms with van der Waals surface area (Å²) in [5, 5.41) is 0. The van der Waals surface area contributed by atoms with Crippen molar-refractivity contribution in [1.29, 1.82) is 0 Å². The van der Waals surface area contributed by atoms with Crippen molar-refractivity contribution >= 4 is 0 Å². The number of aryl methyl sites for hydroxylation is 1. The smallest absolute Gasteiger partial charge is 0.129 e. The SMILES string of the molecule is CCn1ccnc1C(NN)C(CC)(CC)N1CCCC1. The second-order valence-corrected chi connectivity index (χ2v) is 5.68. The van der Waals surface area contributed by atoms with Crippen molar-refractivity contribution in [3.05, 3.63) is 18.2 Å². The van der Waals surface area contributed by atoms with E-state index in [1.54, 1.807) is 0 Å². The van der Waals surface area contributed by atoms with Crippen LogP contribution in [0.4, 0.5) is 0 Å². The number of imidazole rings is 1. The van der Waals surface area contributed by atoms with Gasteiger partial charge in [0.05, 0.1) is 6.04 Å². The third kappa shape index (κ3) is 2.50. The molecule has 2 heterocycles. The second-order valence-electron chi connectivity index (χ2n) is 5.68. The molecule has 0 aromatic carbocycles. The van der Waals surface area contributed by atoms with Gasteiger partial charge < -0.3 is 4.57 Å². The predicted molar refractivity (Wildman–Crippen MR) is 82.1 cm³/mol. The van der Waals surface area contributed by atoms with E-state index >= 15 is 0 Å². The molecule has 0 spiro atoms. The van der Waals surface area contributed by atoms with Crippen molar-refractivity contribution < 1.29 is 0 Å². The molecule has 1 saturated heterocycles. The van der Waals surface area contributed by atoms with E-state index in [-0.39, 0.29) is 11.6 Å². The van der Waals surface area contributed by atoms with E-state index < -0.39 is 0 Å². The summed E-state index contributed by atoms with van der Waals surface area (Å²) in [6.45, 7) is 9.96. The standard InChI is InChI=1S/C15H29N5/c1-4-15(5-2,20-10-7-8-11-20)13(18-16)14-17-9-12-19(14)6-3/h9,12-13,18H,4-8,10-11,16H2,1-3H3. The van der Waals surface area contributed by atoms with Crippen LogP contribution in [-0.2, 0) is 6.54 Å². The van der Waals surface area contributed by atoms with Gasteiger partial charge in [-0.15, -0.1) is 0 Å². The van der Waals surface area contributed by atoms with Crippen LogP contribution in [0.3, 0.4) is 0 Å². The first-order chi connectivity index (χ1) is 9.73. The van der Waals surface area contributed by atoms with Crippen molar-refractivity contribution in [1.82, 2.24) is 19.9 Å². The summed E-state index contributed by atoms with van der Waals surface area (Å²) in [5.41, 5.74) is 3.13. The molecular formula is C15H29N5. The van der Waals surface area contributed by atoms with E-state index in [1.807, 2.05) is 12.4 Å². The van der Waals surface area contributed by atoms with Gasteiger partial charge in [0.15, 0.2) is 0 Å². The number of rotatable bonds is 7. The molecule has 1 fully saturated rings. The lowest BCUT2D eigenvalue weighted by atomic mass is 9.82. The Balaban J connectivity index is 2.39. The molecule has 1 atom stereocenters. The Labute approximate surface area is 122 Å². The lowest BCUT2D eigenvalue weighted by Crippen LogP contribution is -2.57. The van der Waals surface area contributed by atoms with Gasteiger partial charge in [-0.25, -0.2) is 10.4 Å². The lowest BCUT2D eigenvalue weighted by molar-refractivity contribution is 0.0569. The Kier molecular flexibility index (Phi) is 5.18. The maximum atomic E-state index is 5.96. The highest BCUT2D eigenvalue weighted by molar-refractivity contribution is 5.11. The zero-order chi connectivity index (χ0) is 14.6. The van der Waals surface area contributed by atoms with Crippen LogP contribution in [0, 0.1) is 0 Å². The van der Waals surface area contributed by atoms with Gasteiger partial charge in [-0.1, -0.05) is 13.8 Å². The number of hydrogen-bond acceptors (Lipinski definition) is 4. The monoisotopic (exact) mass is 279 g/mol. The van der Waals surface area contributed by atoms with Gasteiger partial charge in [0.25, 0.3) is 0 Å². The van der Waals surface area contributed by atoms with E-state index in [0.29, 0.717) is 0 Å². The van der Waals surface area contributed by atoms with Gasteiger partial charge in [0.2, 0.25) is 0 Å². The quantitative estimate of drug-likeness (QED) is 0.592. The van der Waals surface area contributed by atoms with E-state index in [4.69, 9.17) is 5.84 Å². The molecule has 0 amide bonds. The van der Waals surface area contributed by atoms with Gasteiger partial charge in [0, 0.05) is 24.5 Å². The molecular weight excluding hydrogens is 250 g/mol. The van der Waals surface area contributed by atoms with Gasteiger partial charge in [0.1, 0.15) is 5.82 Å². The molecule has 114 valence electrons. The van der Waals surface area contributed by atoms with Gasteiger partial charge in [-0.05, 0) is 45.7 Å². The average Bonchev–Trinajstić information content (AvgIpc) is 3.15. The van der Waals surface area contributed by atoms with Crippen molar-refractivity contribution in [2.45, 2.75) is 64.6 Å². The number of aromatic nitrogens is 2. The Morgan fingerprint density at radius 1 is 1.30 bits per heavy atom. The average molecular weight is 279 g/mol. The molecule has 0 radical (unpaired) electrons. The lowest BCUT2D eigenvalue weighted by Gasteiger charge is -2.46. The molecule has 0 bridgehead atoms. The highest BCUT2D eigenvalue weighted by atomic mass is 15.3. The van der Waals surface area contributed by atoms with Gasteiger partial charge in [-0.2, -0.15) is 0 Å². The molecule has 0 aliphatic carbocycles. The van der Waals surface area contributed by atoms with Crippen LogP contribution >= 0.6 is 0 Å². The van der Waals surface area contributed by atoms with Gasteiger partial charge >= 0.3 is 0 Å². The van der Waals surface area contributed by atoms with Crippen LogP contribution in [-0.4, -0.2) is 33.1 Å². The zero-order valence-electron chi connectivity index (χ0n) is 13.1. The van der Waals surface area contributed by atoms with Crippen LogP contribution in [0.15, 0.2) is 12.4 Å². The Bertz CT molecular complexity index is 404. The summed E-state index contributed by atoms with van der Waals surface area (Å²) in [7, 11) is 0. The fourth-order valence-electron chi connectivity index (χ4n) is 3.77. The summed E-state index contributed by atoms with van der Waals surface area (Å²) in [5.74, 6) is 7.02. The minimum Gasteiger partial charge on any atom is -0.334 e. The first-order valence-corrected chi connectivity index (χ1v) is 7.95. The number of hydrogen-bond donors (Lipinski definition) is 2. The Hall–Kier alpha value is -0.910. The Morgan fingerprint density at radius 3 is 2.45 bits per heavy atom. The number of hydrazine groups is 1. The van der Waals surface area contributed by atoms with E-state index in [1.165, 1.54) is 25.9 Å². The molecule has 20 heavy (non-hydrogen) atoms. The molecule has 5 heteroatoms. The molecule has 1 aromatic heterocycles. The molecule has 2 rings (SSSR count). The molecule has 3 N–H and O–H groups in total. The molecule has 5 nitrogen and oxygen atoms in total. The van der Waals surface area contributed by atoms with Crippen LogP contribution in [0.25, 0.3) is 0 Å². The minimum atomic E-state index is 0.0591. The van der Waals surface area contributed by atoms with Crippen molar-refractivity contribution in [3.63, 3.8) is 0 Å². The summed E-state index contributed by atoms with van der Waals surface area (Å²) in [4.78, 5) is 7.20. The highest BCUT2D eigenvalue weighted by Gasteiger charge is 2.44. The fraction of sp³-hybridized carbons (Fsp3) is 0.800. The van der Waals surface area contributed by atoms with Crippen LogP contribution < -0.4 is 11.3 Å². The zero-order valence-corrected chi connectivity index (χ0v) is 13.1.